The maximum absolute atomic E-state index is 10.4. The topological polar surface area (TPSA) is 23.5 Å². The van der Waals surface area contributed by atoms with E-state index in [-0.39, 0.29) is 6.04 Å². The molecule has 1 heterocycles. The Labute approximate surface area is 122 Å². The molecule has 2 unspecified atom stereocenters. The molecule has 0 amide bonds. The summed E-state index contributed by atoms with van der Waals surface area (Å²) in [4.78, 5) is 2.21. The number of nitrogens with zero attached hydrogens (tertiary/aromatic N) is 1. The monoisotopic (exact) mass is 305 g/mol. The predicted octanol–water partition coefficient (Wildman–Crippen LogP) is 2.94. The Morgan fingerprint density at radius 2 is 2.11 bits per heavy atom. The standard InChI is InChI=1S/C13H17Cl2NOS/c1-16-5-6-18-8-12(16)13(17)7-9-10(14)3-2-4-11(9)15/h2-4,12-13,17H,5-8H2,1H3. The SMILES string of the molecule is CN1CCSCC1C(O)Cc1c(Cl)cccc1Cl. The zero-order chi connectivity index (χ0) is 13.1. The zero-order valence-electron chi connectivity index (χ0n) is 10.3. The first-order valence-electron chi connectivity index (χ1n) is 5.98. The predicted molar refractivity (Wildman–Crippen MR) is 79.9 cm³/mol. The normalized spacial score (nSPS) is 23.0. The summed E-state index contributed by atoms with van der Waals surface area (Å²) < 4.78 is 0. The number of hydrogen-bond acceptors (Lipinski definition) is 3. The van der Waals surface area contributed by atoms with Crippen molar-refractivity contribution in [3.8, 4) is 0 Å². The molecule has 0 aliphatic carbocycles. The molecular formula is C13H17Cl2NOS. The minimum absolute atomic E-state index is 0.177. The van der Waals surface area contributed by atoms with Crippen molar-refractivity contribution >= 4 is 35.0 Å². The van der Waals surface area contributed by atoms with Crippen LogP contribution in [0, 0.1) is 0 Å². The van der Waals surface area contributed by atoms with Crippen molar-refractivity contribution in [2.75, 3.05) is 25.1 Å². The van der Waals surface area contributed by atoms with Crippen LogP contribution in [0.2, 0.25) is 10.0 Å². The lowest BCUT2D eigenvalue weighted by Crippen LogP contribution is -2.47. The fraction of sp³-hybridized carbons (Fsp3) is 0.538. The molecule has 2 atom stereocenters. The lowest BCUT2D eigenvalue weighted by Gasteiger charge is -2.35. The Bertz CT molecular complexity index is 396. The second-order valence-electron chi connectivity index (χ2n) is 4.59. The van der Waals surface area contributed by atoms with E-state index in [0.29, 0.717) is 16.5 Å². The summed E-state index contributed by atoms with van der Waals surface area (Å²) in [5.41, 5.74) is 0.845. The third-order valence-electron chi connectivity index (χ3n) is 3.36. The zero-order valence-corrected chi connectivity index (χ0v) is 12.6. The van der Waals surface area contributed by atoms with E-state index in [1.165, 1.54) is 0 Å². The summed E-state index contributed by atoms with van der Waals surface area (Å²) >= 11 is 14.2. The van der Waals surface area contributed by atoms with Crippen molar-refractivity contribution in [2.24, 2.45) is 0 Å². The van der Waals surface area contributed by atoms with Gasteiger partial charge in [0.2, 0.25) is 0 Å². The fourth-order valence-electron chi connectivity index (χ4n) is 2.18. The number of aliphatic hydroxyl groups excluding tert-OH is 1. The highest BCUT2D eigenvalue weighted by Crippen LogP contribution is 2.27. The first-order chi connectivity index (χ1) is 8.59. The lowest BCUT2D eigenvalue weighted by atomic mass is 10.0. The van der Waals surface area contributed by atoms with Gasteiger partial charge in [-0.25, -0.2) is 0 Å². The van der Waals surface area contributed by atoms with Crippen molar-refractivity contribution in [1.29, 1.82) is 0 Å². The Morgan fingerprint density at radius 3 is 2.72 bits per heavy atom. The third kappa shape index (κ3) is 3.34. The average Bonchev–Trinajstić information content (AvgIpc) is 2.34. The number of rotatable bonds is 3. The molecular weight excluding hydrogens is 289 g/mol. The summed E-state index contributed by atoms with van der Waals surface area (Å²) in [5, 5.41) is 11.6. The molecule has 1 aliphatic rings. The molecule has 1 fully saturated rings. The highest BCUT2D eigenvalue weighted by Gasteiger charge is 2.27. The van der Waals surface area contributed by atoms with E-state index in [2.05, 4.69) is 11.9 Å². The molecule has 2 rings (SSSR count). The van der Waals surface area contributed by atoms with Crippen molar-refractivity contribution in [2.45, 2.75) is 18.6 Å². The van der Waals surface area contributed by atoms with Gasteiger partial charge in [0, 0.05) is 40.6 Å². The van der Waals surface area contributed by atoms with E-state index < -0.39 is 6.10 Å². The van der Waals surface area contributed by atoms with Gasteiger partial charge in [0.15, 0.2) is 0 Å². The van der Waals surface area contributed by atoms with Crippen LogP contribution in [0.1, 0.15) is 5.56 Å². The van der Waals surface area contributed by atoms with Crippen molar-refractivity contribution in [1.82, 2.24) is 4.90 Å². The minimum atomic E-state index is -0.430. The van der Waals surface area contributed by atoms with Crippen LogP contribution in [-0.4, -0.2) is 47.3 Å². The van der Waals surface area contributed by atoms with Gasteiger partial charge < -0.3 is 5.11 Å². The van der Waals surface area contributed by atoms with Crippen LogP contribution >= 0.6 is 35.0 Å². The Kier molecular flexibility index (Phi) is 5.22. The van der Waals surface area contributed by atoms with Crippen molar-refractivity contribution in [3.63, 3.8) is 0 Å². The second kappa shape index (κ2) is 6.49. The van der Waals surface area contributed by atoms with Crippen molar-refractivity contribution in [3.05, 3.63) is 33.8 Å². The minimum Gasteiger partial charge on any atom is -0.391 e. The Hall–Kier alpha value is 0.0700. The Balaban J connectivity index is 2.08. The average molecular weight is 306 g/mol. The van der Waals surface area contributed by atoms with Crippen LogP contribution in [0.25, 0.3) is 0 Å². The number of aliphatic hydroxyl groups is 1. The summed E-state index contributed by atoms with van der Waals surface area (Å²) in [6.07, 6.45) is 0.0776. The highest BCUT2D eigenvalue weighted by atomic mass is 35.5. The largest absolute Gasteiger partial charge is 0.391 e. The third-order valence-corrected chi connectivity index (χ3v) is 5.12. The van der Waals surface area contributed by atoms with Crippen LogP contribution in [0.3, 0.4) is 0 Å². The van der Waals surface area contributed by atoms with Gasteiger partial charge in [-0.3, -0.25) is 4.90 Å². The molecule has 1 aromatic rings. The Morgan fingerprint density at radius 1 is 1.44 bits per heavy atom. The maximum Gasteiger partial charge on any atom is 0.0744 e. The van der Waals surface area contributed by atoms with Gasteiger partial charge in [-0.2, -0.15) is 11.8 Å². The molecule has 0 radical (unpaired) electrons. The van der Waals surface area contributed by atoms with Crippen molar-refractivity contribution < 1.29 is 5.11 Å². The van der Waals surface area contributed by atoms with Gasteiger partial charge >= 0.3 is 0 Å². The molecule has 0 bridgehead atoms. The van der Waals surface area contributed by atoms with Crippen LogP contribution in [0.5, 0.6) is 0 Å². The van der Waals surface area contributed by atoms with Gasteiger partial charge in [0.05, 0.1) is 6.10 Å². The lowest BCUT2D eigenvalue weighted by molar-refractivity contribution is 0.0763. The molecule has 0 saturated carbocycles. The molecule has 1 aromatic carbocycles. The number of likely N-dealkylation sites (N-methyl/N-ethyl adjacent to an activating group) is 1. The van der Waals surface area contributed by atoms with E-state index in [9.17, 15) is 5.11 Å². The van der Waals surface area contributed by atoms with Gasteiger partial charge in [-0.05, 0) is 24.7 Å². The van der Waals surface area contributed by atoms with E-state index in [4.69, 9.17) is 23.2 Å². The summed E-state index contributed by atoms with van der Waals surface area (Å²) in [6, 6.07) is 5.63. The molecule has 2 nitrogen and oxygen atoms in total. The molecule has 1 saturated heterocycles. The van der Waals surface area contributed by atoms with E-state index in [1.807, 2.05) is 30.0 Å². The number of hydrogen-bond donors (Lipinski definition) is 1. The van der Waals surface area contributed by atoms with E-state index in [1.54, 1.807) is 0 Å². The van der Waals surface area contributed by atoms with Crippen LogP contribution in [-0.2, 0) is 6.42 Å². The molecule has 0 aromatic heterocycles. The van der Waals surface area contributed by atoms with Gasteiger partial charge in [-0.1, -0.05) is 29.3 Å². The smallest absolute Gasteiger partial charge is 0.0744 e. The number of halogens is 2. The van der Waals surface area contributed by atoms with Crippen LogP contribution in [0.4, 0.5) is 0 Å². The first kappa shape index (κ1) is 14.5. The summed E-state index contributed by atoms with van der Waals surface area (Å²) in [6.45, 7) is 1.02. The van der Waals surface area contributed by atoms with Gasteiger partial charge in [0.1, 0.15) is 0 Å². The van der Waals surface area contributed by atoms with Crippen LogP contribution < -0.4 is 0 Å². The van der Waals surface area contributed by atoms with Crippen LogP contribution in [0.15, 0.2) is 18.2 Å². The molecule has 1 N–H and O–H groups in total. The molecule has 1 aliphatic heterocycles. The number of benzene rings is 1. The highest BCUT2D eigenvalue weighted by molar-refractivity contribution is 7.99. The van der Waals surface area contributed by atoms with Gasteiger partial charge in [-0.15, -0.1) is 0 Å². The molecule has 18 heavy (non-hydrogen) atoms. The quantitative estimate of drug-likeness (QED) is 0.929. The molecule has 5 heteroatoms. The second-order valence-corrected chi connectivity index (χ2v) is 6.56. The first-order valence-corrected chi connectivity index (χ1v) is 7.89. The summed E-state index contributed by atoms with van der Waals surface area (Å²) in [5.74, 6) is 2.09. The summed E-state index contributed by atoms with van der Waals surface area (Å²) in [7, 11) is 2.06. The van der Waals surface area contributed by atoms with Gasteiger partial charge in [0.25, 0.3) is 0 Å². The van der Waals surface area contributed by atoms with E-state index in [0.717, 1.165) is 23.6 Å². The van der Waals surface area contributed by atoms with E-state index >= 15 is 0 Å². The fourth-order valence-corrected chi connectivity index (χ4v) is 4.04. The maximum atomic E-state index is 10.4. The molecule has 100 valence electrons. The number of thioether (sulfide) groups is 1. The molecule has 0 spiro atoms.